The summed E-state index contributed by atoms with van der Waals surface area (Å²) < 4.78 is 10.6. The second-order valence-corrected chi connectivity index (χ2v) is 5.20. The molecule has 5 heteroatoms. The molecule has 18 heavy (non-hydrogen) atoms. The van der Waals surface area contributed by atoms with Crippen molar-refractivity contribution >= 4 is 16.9 Å². The quantitative estimate of drug-likeness (QED) is 0.907. The Morgan fingerprint density at radius 2 is 2.11 bits per heavy atom. The Balaban J connectivity index is 2.25. The van der Waals surface area contributed by atoms with Crippen LogP contribution in [0.15, 0.2) is 18.2 Å². The van der Waals surface area contributed by atoms with Crippen molar-refractivity contribution in [2.45, 2.75) is 19.0 Å². The molecule has 1 aromatic rings. The number of carbonyl (C=O) groups is 1. The summed E-state index contributed by atoms with van der Waals surface area (Å²) in [5, 5.41) is 3.50. The van der Waals surface area contributed by atoms with Gasteiger partial charge in [-0.15, -0.1) is 0 Å². The van der Waals surface area contributed by atoms with Crippen LogP contribution in [0.2, 0.25) is 0 Å². The molecule has 0 saturated carbocycles. The van der Waals surface area contributed by atoms with Gasteiger partial charge in [-0.1, -0.05) is 17.8 Å². The molecule has 0 aliphatic carbocycles. The first-order valence-electron chi connectivity index (χ1n) is 5.80. The third kappa shape index (κ3) is 2.62. The van der Waals surface area contributed by atoms with Crippen LogP contribution in [0.5, 0.6) is 11.5 Å². The minimum atomic E-state index is -0.124. The minimum absolute atomic E-state index is 0.124. The van der Waals surface area contributed by atoms with E-state index in [0.29, 0.717) is 0 Å². The lowest BCUT2D eigenvalue weighted by Gasteiger charge is -2.28. The number of rotatable bonds is 3. The zero-order valence-electron chi connectivity index (χ0n) is 10.7. The fourth-order valence-electron chi connectivity index (χ4n) is 1.99. The molecule has 1 fully saturated rings. The summed E-state index contributed by atoms with van der Waals surface area (Å²) >= 11 is 1.37. The summed E-state index contributed by atoms with van der Waals surface area (Å²) in [6.07, 6.45) is 0. The van der Waals surface area contributed by atoms with E-state index in [1.54, 1.807) is 14.2 Å². The monoisotopic (exact) mass is 267 g/mol. The van der Waals surface area contributed by atoms with E-state index in [1.165, 1.54) is 11.8 Å². The van der Waals surface area contributed by atoms with E-state index >= 15 is 0 Å². The highest BCUT2D eigenvalue weighted by Crippen LogP contribution is 2.33. The van der Waals surface area contributed by atoms with Gasteiger partial charge in [-0.3, -0.25) is 10.1 Å². The third-order valence-electron chi connectivity index (χ3n) is 3.01. The van der Waals surface area contributed by atoms with Crippen molar-refractivity contribution in [3.63, 3.8) is 0 Å². The maximum absolute atomic E-state index is 11.5. The fourth-order valence-corrected chi connectivity index (χ4v) is 2.92. The van der Waals surface area contributed by atoms with Gasteiger partial charge in [0.2, 0.25) is 5.12 Å². The predicted molar refractivity (Wildman–Crippen MR) is 72.3 cm³/mol. The van der Waals surface area contributed by atoms with Crippen LogP contribution in [0.3, 0.4) is 0 Å². The fraction of sp³-hybridized carbons (Fsp3) is 0.462. The van der Waals surface area contributed by atoms with E-state index in [1.807, 2.05) is 25.1 Å². The maximum atomic E-state index is 11.5. The third-order valence-corrected chi connectivity index (χ3v) is 4.15. The van der Waals surface area contributed by atoms with Crippen molar-refractivity contribution in [3.8, 4) is 11.5 Å². The van der Waals surface area contributed by atoms with Crippen molar-refractivity contribution in [1.29, 1.82) is 0 Å². The highest BCUT2D eigenvalue weighted by Gasteiger charge is 2.28. The Morgan fingerprint density at radius 3 is 2.72 bits per heavy atom. The number of carbonyl (C=O) groups excluding carboxylic acids is 1. The predicted octanol–water partition coefficient (Wildman–Crippen LogP) is 2.00. The molecule has 0 bridgehead atoms. The second kappa shape index (κ2) is 5.63. The molecule has 0 spiro atoms. The summed E-state index contributed by atoms with van der Waals surface area (Å²) in [7, 11) is 3.27. The van der Waals surface area contributed by atoms with E-state index in [2.05, 4.69) is 5.32 Å². The lowest BCUT2D eigenvalue weighted by atomic mass is 10.1. The van der Waals surface area contributed by atoms with Crippen molar-refractivity contribution in [3.05, 3.63) is 23.8 Å². The molecule has 1 aliphatic rings. The lowest BCUT2D eigenvalue weighted by molar-refractivity contribution is -0.112. The SMILES string of the molecule is COc1ccc([C@@H]2CSC(=O)[C@H](C)N2)c(OC)c1. The van der Waals surface area contributed by atoms with Crippen molar-refractivity contribution in [1.82, 2.24) is 5.32 Å². The summed E-state index contributed by atoms with van der Waals surface area (Å²) in [5.41, 5.74) is 1.06. The molecule has 0 radical (unpaired) electrons. The Morgan fingerprint density at radius 1 is 1.33 bits per heavy atom. The highest BCUT2D eigenvalue weighted by molar-refractivity contribution is 8.13. The molecule has 1 heterocycles. The smallest absolute Gasteiger partial charge is 0.205 e. The molecular weight excluding hydrogens is 250 g/mol. The van der Waals surface area contributed by atoms with Crippen LogP contribution < -0.4 is 14.8 Å². The number of hydrogen-bond donors (Lipinski definition) is 1. The van der Waals surface area contributed by atoms with E-state index in [9.17, 15) is 4.79 Å². The van der Waals surface area contributed by atoms with Crippen molar-refractivity contribution in [2.24, 2.45) is 0 Å². The number of methoxy groups -OCH3 is 2. The molecule has 0 unspecified atom stereocenters. The zero-order chi connectivity index (χ0) is 13.1. The molecule has 98 valence electrons. The molecule has 1 aromatic carbocycles. The van der Waals surface area contributed by atoms with Gasteiger partial charge in [0.1, 0.15) is 11.5 Å². The second-order valence-electron chi connectivity index (χ2n) is 4.18. The first-order valence-corrected chi connectivity index (χ1v) is 6.79. The molecule has 0 amide bonds. The molecule has 1 N–H and O–H groups in total. The summed E-state index contributed by atoms with van der Waals surface area (Å²) in [6.45, 7) is 1.89. The number of hydrogen-bond acceptors (Lipinski definition) is 5. The van der Waals surface area contributed by atoms with Gasteiger partial charge in [0.25, 0.3) is 0 Å². The van der Waals surface area contributed by atoms with Gasteiger partial charge < -0.3 is 9.47 Å². The lowest BCUT2D eigenvalue weighted by Crippen LogP contribution is -2.41. The molecule has 2 rings (SSSR count). The first kappa shape index (κ1) is 13.2. The molecule has 2 atom stereocenters. The number of ether oxygens (including phenoxy) is 2. The molecule has 0 aromatic heterocycles. The summed E-state index contributed by atoms with van der Waals surface area (Å²) in [6, 6.07) is 5.76. The molecule has 1 aliphatic heterocycles. The number of benzene rings is 1. The van der Waals surface area contributed by atoms with Crippen molar-refractivity contribution < 1.29 is 14.3 Å². The van der Waals surface area contributed by atoms with Crippen LogP contribution in [-0.4, -0.2) is 31.1 Å². The minimum Gasteiger partial charge on any atom is -0.497 e. The Hall–Kier alpha value is -1.20. The summed E-state index contributed by atoms with van der Waals surface area (Å²) in [4.78, 5) is 11.5. The van der Waals surface area contributed by atoms with Crippen LogP contribution >= 0.6 is 11.8 Å². The largest absolute Gasteiger partial charge is 0.497 e. The number of nitrogens with one attached hydrogen (secondary N) is 1. The van der Waals surface area contributed by atoms with Gasteiger partial charge in [-0.05, 0) is 13.0 Å². The van der Waals surface area contributed by atoms with Gasteiger partial charge in [-0.25, -0.2) is 0 Å². The standard InChI is InChI=1S/C13H17NO3S/c1-8-13(15)18-7-11(14-8)10-5-4-9(16-2)6-12(10)17-3/h4-6,8,11,14H,7H2,1-3H3/t8-,11-/m0/s1. The molecule has 4 nitrogen and oxygen atoms in total. The van der Waals surface area contributed by atoms with E-state index < -0.39 is 0 Å². The van der Waals surface area contributed by atoms with E-state index in [-0.39, 0.29) is 17.2 Å². The topological polar surface area (TPSA) is 47.6 Å². The molecular formula is C13H17NO3S. The van der Waals surface area contributed by atoms with E-state index in [0.717, 1.165) is 22.8 Å². The van der Waals surface area contributed by atoms with Crippen LogP contribution in [-0.2, 0) is 4.79 Å². The average Bonchev–Trinajstić information content (AvgIpc) is 2.41. The van der Waals surface area contributed by atoms with Crippen LogP contribution in [0.25, 0.3) is 0 Å². The van der Waals surface area contributed by atoms with Gasteiger partial charge in [0.05, 0.1) is 20.3 Å². The van der Waals surface area contributed by atoms with Gasteiger partial charge in [0, 0.05) is 23.4 Å². The Bertz CT molecular complexity index is 450. The van der Waals surface area contributed by atoms with Gasteiger partial charge in [-0.2, -0.15) is 0 Å². The first-order chi connectivity index (χ1) is 8.65. The normalized spacial score (nSPS) is 23.8. The maximum Gasteiger partial charge on any atom is 0.205 e. The highest BCUT2D eigenvalue weighted by atomic mass is 32.2. The Kier molecular flexibility index (Phi) is 4.14. The average molecular weight is 267 g/mol. The summed E-state index contributed by atoms with van der Waals surface area (Å²) in [5.74, 6) is 2.28. The zero-order valence-corrected chi connectivity index (χ0v) is 11.5. The Labute approximate surface area is 111 Å². The van der Waals surface area contributed by atoms with Crippen LogP contribution in [0.4, 0.5) is 0 Å². The molecule has 1 saturated heterocycles. The van der Waals surface area contributed by atoms with Crippen LogP contribution in [0.1, 0.15) is 18.5 Å². The number of thioether (sulfide) groups is 1. The van der Waals surface area contributed by atoms with Gasteiger partial charge >= 0.3 is 0 Å². The van der Waals surface area contributed by atoms with E-state index in [4.69, 9.17) is 9.47 Å². The van der Waals surface area contributed by atoms with Gasteiger partial charge in [0.15, 0.2) is 0 Å². The van der Waals surface area contributed by atoms with Crippen LogP contribution in [0, 0.1) is 0 Å². The van der Waals surface area contributed by atoms with Crippen molar-refractivity contribution in [2.75, 3.05) is 20.0 Å².